The normalized spacial score (nSPS) is 10.8. The molecule has 0 fully saturated rings. The number of carbonyl (C=O) groups is 1. The molecule has 0 heterocycles. The van der Waals surface area contributed by atoms with Crippen LogP contribution < -0.4 is 14.9 Å². The molecule has 0 aliphatic rings. The fourth-order valence-electron chi connectivity index (χ4n) is 2.58. The van der Waals surface area contributed by atoms with E-state index >= 15 is 0 Å². The van der Waals surface area contributed by atoms with Gasteiger partial charge in [-0.25, -0.2) is 5.43 Å². The average molecular weight is 553 g/mol. The Hall–Kier alpha value is -2.35. The third-order valence-electron chi connectivity index (χ3n) is 4.05. The molecular formula is C22H17Br2ClN2O3. The Balaban J connectivity index is 1.71. The van der Waals surface area contributed by atoms with Gasteiger partial charge in [0, 0.05) is 20.6 Å². The van der Waals surface area contributed by atoms with E-state index in [1.807, 2.05) is 36.4 Å². The number of hydrazone groups is 1. The van der Waals surface area contributed by atoms with Gasteiger partial charge in [-0.3, -0.25) is 4.79 Å². The lowest BCUT2D eigenvalue weighted by Crippen LogP contribution is -2.17. The van der Waals surface area contributed by atoms with Crippen LogP contribution in [-0.4, -0.2) is 19.2 Å². The summed E-state index contributed by atoms with van der Waals surface area (Å²) in [4.78, 5) is 12.2. The molecule has 1 N–H and O–H groups in total. The summed E-state index contributed by atoms with van der Waals surface area (Å²) in [7, 11) is 1.56. The molecule has 0 unspecified atom stereocenters. The van der Waals surface area contributed by atoms with Crippen molar-refractivity contribution in [1.82, 2.24) is 5.43 Å². The van der Waals surface area contributed by atoms with Crippen molar-refractivity contribution >= 4 is 55.6 Å². The average Bonchev–Trinajstić information content (AvgIpc) is 2.73. The lowest BCUT2D eigenvalue weighted by molar-refractivity contribution is 0.0955. The highest BCUT2D eigenvalue weighted by Gasteiger charge is 2.12. The lowest BCUT2D eigenvalue weighted by Gasteiger charge is -2.14. The topological polar surface area (TPSA) is 59.9 Å². The van der Waals surface area contributed by atoms with Gasteiger partial charge in [0.1, 0.15) is 6.61 Å². The number of halogens is 3. The van der Waals surface area contributed by atoms with Gasteiger partial charge in [0.2, 0.25) is 0 Å². The second-order valence-corrected chi connectivity index (χ2v) is 8.30. The summed E-state index contributed by atoms with van der Waals surface area (Å²) < 4.78 is 12.9. The Bertz CT molecular complexity index is 1090. The minimum Gasteiger partial charge on any atom is -0.493 e. The maximum atomic E-state index is 12.2. The lowest BCUT2D eigenvalue weighted by atomic mass is 10.2. The molecular weight excluding hydrogens is 536 g/mol. The fraction of sp³-hybridized carbons (Fsp3) is 0.0909. The number of nitrogens with zero attached hydrogens (tertiary/aromatic N) is 1. The van der Waals surface area contributed by atoms with E-state index < -0.39 is 0 Å². The van der Waals surface area contributed by atoms with Crippen LogP contribution in [0.5, 0.6) is 11.5 Å². The van der Waals surface area contributed by atoms with E-state index in [0.29, 0.717) is 33.2 Å². The summed E-state index contributed by atoms with van der Waals surface area (Å²) >= 11 is 13.0. The number of rotatable bonds is 7. The zero-order valence-electron chi connectivity index (χ0n) is 15.9. The molecule has 0 spiro atoms. The second-order valence-electron chi connectivity index (χ2n) is 6.12. The van der Waals surface area contributed by atoms with Crippen LogP contribution >= 0.6 is 43.5 Å². The summed E-state index contributed by atoms with van der Waals surface area (Å²) in [5.41, 5.74) is 4.60. The highest BCUT2D eigenvalue weighted by Crippen LogP contribution is 2.37. The Morgan fingerprint density at radius 1 is 1.13 bits per heavy atom. The molecule has 0 bridgehead atoms. The van der Waals surface area contributed by atoms with Crippen LogP contribution in [0.3, 0.4) is 0 Å². The first-order valence-corrected chi connectivity index (χ1v) is 10.8. The van der Waals surface area contributed by atoms with E-state index in [4.69, 9.17) is 21.1 Å². The first-order valence-electron chi connectivity index (χ1n) is 8.80. The number of ether oxygens (including phenoxy) is 2. The largest absolute Gasteiger partial charge is 0.493 e. The van der Waals surface area contributed by atoms with E-state index in [2.05, 4.69) is 42.4 Å². The van der Waals surface area contributed by atoms with Crippen molar-refractivity contribution in [3.63, 3.8) is 0 Å². The third-order valence-corrected chi connectivity index (χ3v) is 5.50. The first-order chi connectivity index (χ1) is 14.5. The van der Waals surface area contributed by atoms with Crippen molar-refractivity contribution in [2.45, 2.75) is 6.61 Å². The van der Waals surface area contributed by atoms with Crippen molar-refractivity contribution in [1.29, 1.82) is 0 Å². The highest BCUT2D eigenvalue weighted by atomic mass is 79.9. The number of carbonyl (C=O) groups excluding carboxylic acids is 1. The first kappa shape index (κ1) is 22.3. The molecule has 0 aliphatic carbocycles. The molecule has 0 atom stereocenters. The Morgan fingerprint density at radius 2 is 1.93 bits per heavy atom. The molecule has 8 heteroatoms. The minimum atomic E-state index is -0.307. The Morgan fingerprint density at radius 3 is 2.67 bits per heavy atom. The molecule has 3 aromatic carbocycles. The van der Waals surface area contributed by atoms with Gasteiger partial charge in [0.05, 0.1) is 17.8 Å². The molecule has 3 rings (SSSR count). The van der Waals surface area contributed by atoms with Gasteiger partial charge in [0.15, 0.2) is 11.5 Å². The zero-order chi connectivity index (χ0) is 21.5. The van der Waals surface area contributed by atoms with Gasteiger partial charge in [-0.15, -0.1) is 0 Å². The number of methoxy groups -OCH3 is 1. The van der Waals surface area contributed by atoms with Gasteiger partial charge >= 0.3 is 0 Å². The van der Waals surface area contributed by atoms with E-state index in [1.54, 1.807) is 31.4 Å². The monoisotopic (exact) mass is 550 g/mol. The maximum Gasteiger partial charge on any atom is 0.271 e. The van der Waals surface area contributed by atoms with Gasteiger partial charge < -0.3 is 9.47 Å². The Labute approximate surface area is 196 Å². The summed E-state index contributed by atoms with van der Waals surface area (Å²) in [6.45, 7) is 0.296. The third kappa shape index (κ3) is 5.84. The number of nitrogens with one attached hydrogen (secondary N) is 1. The van der Waals surface area contributed by atoms with Crippen molar-refractivity contribution in [2.75, 3.05) is 7.11 Å². The molecule has 1 amide bonds. The molecule has 0 aliphatic heterocycles. The summed E-state index contributed by atoms with van der Waals surface area (Å²) in [5.74, 6) is 0.766. The van der Waals surface area contributed by atoms with E-state index in [1.165, 1.54) is 6.21 Å². The highest BCUT2D eigenvalue weighted by molar-refractivity contribution is 9.10. The predicted octanol–water partition coefficient (Wildman–Crippen LogP) is 6.22. The van der Waals surface area contributed by atoms with E-state index in [9.17, 15) is 4.79 Å². The number of benzene rings is 3. The van der Waals surface area contributed by atoms with Crippen LogP contribution in [0.1, 0.15) is 21.5 Å². The predicted molar refractivity (Wildman–Crippen MR) is 126 cm³/mol. The molecule has 154 valence electrons. The van der Waals surface area contributed by atoms with Crippen molar-refractivity contribution in [3.05, 3.63) is 91.3 Å². The van der Waals surface area contributed by atoms with Crippen LogP contribution in [0.15, 0.2) is 74.7 Å². The van der Waals surface area contributed by atoms with Crippen molar-refractivity contribution < 1.29 is 14.3 Å². The van der Waals surface area contributed by atoms with Crippen molar-refractivity contribution in [2.24, 2.45) is 5.10 Å². The van der Waals surface area contributed by atoms with Crippen LogP contribution in [0, 0.1) is 0 Å². The van der Waals surface area contributed by atoms with E-state index in [-0.39, 0.29) is 5.91 Å². The van der Waals surface area contributed by atoms with Crippen LogP contribution in [0.4, 0.5) is 0 Å². The second kappa shape index (κ2) is 10.6. The van der Waals surface area contributed by atoms with Crippen LogP contribution in [-0.2, 0) is 6.61 Å². The quantitative estimate of drug-likeness (QED) is 0.280. The summed E-state index contributed by atoms with van der Waals surface area (Å²) in [5, 5.41) is 4.66. The summed E-state index contributed by atoms with van der Waals surface area (Å²) in [6, 6.07) is 18.1. The smallest absolute Gasteiger partial charge is 0.271 e. The summed E-state index contributed by atoms with van der Waals surface area (Å²) in [6.07, 6.45) is 1.53. The molecule has 0 saturated carbocycles. The van der Waals surface area contributed by atoms with Gasteiger partial charge in [-0.1, -0.05) is 51.8 Å². The van der Waals surface area contributed by atoms with E-state index in [0.717, 1.165) is 15.6 Å². The molecule has 0 radical (unpaired) electrons. The SMILES string of the molecule is COc1cc(/C=N\NC(=O)c2cccc(Br)c2)cc(Br)c1OCc1ccccc1Cl. The number of hydrogen-bond donors (Lipinski definition) is 1. The minimum absolute atomic E-state index is 0.296. The molecule has 3 aromatic rings. The van der Waals surface area contributed by atoms with Crippen LogP contribution in [0.25, 0.3) is 0 Å². The van der Waals surface area contributed by atoms with Crippen LogP contribution in [0.2, 0.25) is 5.02 Å². The number of amides is 1. The van der Waals surface area contributed by atoms with Gasteiger partial charge in [-0.05, 0) is 57.9 Å². The fourth-order valence-corrected chi connectivity index (χ4v) is 3.74. The molecule has 0 saturated heterocycles. The zero-order valence-corrected chi connectivity index (χ0v) is 19.8. The maximum absolute atomic E-state index is 12.2. The van der Waals surface area contributed by atoms with Crippen molar-refractivity contribution in [3.8, 4) is 11.5 Å². The standard InChI is InChI=1S/C22H17Br2ClN2O3/c1-29-20-10-14(12-26-27-22(28)15-6-4-7-17(23)11-15)9-18(24)21(20)30-13-16-5-2-3-8-19(16)25/h2-12H,13H2,1H3,(H,27,28)/b26-12-. The number of hydrogen-bond acceptors (Lipinski definition) is 4. The molecule has 30 heavy (non-hydrogen) atoms. The van der Waals surface area contributed by atoms with Gasteiger partial charge in [0.25, 0.3) is 5.91 Å². The molecule has 0 aromatic heterocycles. The Kier molecular flexibility index (Phi) is 7.90. The van der Waals surface area contributed by atoms with Gasteiger partial charge in [-0.2, -0.15) is 5.10 Å². The molecule has 5 nitrogen and oxygen atoms in total.